The summed E-state index contributed by atoms with van der Waals surface area (Å²) in [6.45, 7) is 0. The molecule has 1 N–H and O–H groups in total. The lowest BCUT2D eigenvalue weighted by Gasteiger charge is -2.09. The van der Waals surface area contributed by atoms with E-state index in [9.17, 15) is 5.11 Å². The summed E-state index contributed by atoms with van der Waals surface area (Å²) in [6, 6.07) is 8.13. The van der Waals surface area contributed by atoms with Crippen molar-refractivity contribution in [3.05, 3.63) is 50.9 Å². The average Bonchev–Trinajstić information content (AvgIpc) is 2.85. The lowest BCUT2D eigenvalue weighted by atomic mass is 10.1. The quantitative estimate of drug-likeness (QED) is 0.875. The van der Waals surface area contributed by atoms with Crippen LogP contribution in [0, 0.1) is 0 Å². The number of rotatable bonds is 6. The molecule has 0 saturated carbocycles. The van der Waals surface area contributed by atoms with Gasteiger partial charge in [0.2, 0.25) is 0 Å². The Morgan fingerprint density at radius 1 is 1.33 bits per heavy atom. The maximum atomic E-state index is 9.95. The van der Waals surface area contributed by atoms with Gasteiger partial charge in [-0.25, -0.2) is 0 Å². The molecule has 0 amide bonds. The van der Waals surface area contributed by atoms with Crippen LogP contribution in [0.2, 0.25) is 0 Å². The van der Waals surface area contributed by atoms with Crippen LogP contribution in [0.1, 0.15) is 23.4 Å². The molecule has 1 unspecified atom stereocenters. The first-order valence-electron chi connectivity index (χ1n) is 6.05. The van der Waals surface area contributed by atoms with E-state index in [2.05, 4.69) is 38.4 Å². The Kier molecular flexibility index (Phi) is 5.35. The summed E-state index contributed by atoms with van der Waals surface area (Å²) < 4.78 is 0.971. The van der Waals surface area contributed by atoms with Crippen molar-refractivity contribution in [1.82, 2.24) is 4.98 Å². The van der Waals surface area contributed by atoms with Gasteiger partial charge in [-0.15, -0.1) is 11.3 Å². The molecule has 0 aliphatic heterocycles. The van der Waals surface area contributed by atoms with Gasteiger partial charge < -0.3 is 5.11 Å². The second-order valence-electron chi connectivity index (χ2n) is 4.30. The predicted octanol–water partition coefficient (Wildman–Crippen LogP) is 3.83. The Hall–Kier alpha value is -0.710. The summed E-state index contributed by atoms with van der Waals surface area (Å²) in [7, 11) is 0. The third-order valence-corrected chi connectivity index (χ3v) is 4.18. The minimum absolute atomic E-state index is 0.293. The summed E-state index contributed by atoms with van der Waals surface area (Å²) in [4.78, 5) is 5.66. The number of thiophene rings is 1. The summed E-state index contributed by atoms with van der Waals surface area (Å²) in [5, 5.41) is 12.0. The summed E-state index contributed by atoms with van der Waals surface area (Å²) in [6.07, 6.45) is 5.03. The molecule has 4 heteroatoms. The number of aliphatic hydroxyl groups is 1. The van der Waals surface area contributed by atoms with Crippen molar-refractivity contribution in [3.8, 4) is 0 Å². The van der Waals surface area contributed by atoms with E-state index in [4.69, 9.17) is 0 Å². The Balaban J connectivity index is 1.71. The van der Waals surface area contributed by atoms with Gasteiger partial charge in [0.15, 0.2) is 0 Å². The van der Waals surface area contributed by atoms with Gasteiger partial charge in [-0.3, -0.25) is 4.98 Å². The molecule has 0 bridgehead atoms. The standard InChI is InChI=1S/C14H16BrNOS/c15-11-6-7-12(16-10-11)9-13(17)3-1-4-14-5-2-8-18-14/h2,5-8,10,13,17H,1,3-4,9H2. The zero-order chi connectivity index (χ0) is 12.8. The lowest BCUT2D eigenvalue weighted by molar-refractivity contribution is 0.161. The highest BCUT2D eigenvalue weighted by atomic mass is 79.9. The normalized spacial score (nSPS) is 12.6. The lowest BCUT2D eigenvalue weighted by Crippen LogP contribution is -2.11. The first-order chi connectivity index (χ1) is 8.74. The maximum absolute atomic E-state index is 9.95. The molecular formula is C14H16BrNOS. The van der Waals surface area contributed by atoms with E-state index < -0.39 is 0 Å². The molecule has 0 aliphatic rings. The number of pyridine rings is 1. The number of aromatic nitrogens is 1. The number of hydrogen-bond acceptors (Lipinski definition) is 3. The Bertz CT molecular complexity index is 455. The van der Waals surface area contributed by atoms with E-state index in [-0.39, 0.29) is 6.10 Å². The number of nitrogens with zero attached hydrogens (tertiary/aromatic N) is 1. The van der Waals surface area contributed by atoms with E-state index in [1.807, 2.05) is 12.1 Å². The van der Waals surface area contributed by atoms with Gasteiger partial charge in [0.25, 0.3) is 0 Å². The smallest absolute Gasteiger partial charge is 0.0595 e. The van der Waals surface area contributed by atoms with Crippen LogP contribution in [0.3, 0.4) is 0 Å². The van der Waals surface area contributed by atoms with Gasteiger partial charge >= 0.3 is 0 Å². The van der Waals surface area contributed by atoms with Crippen molar-refractivity contribution in [2.75, 3.05) is 0 Å². The zero-order valence-electron chi connectivity index (χ0n) is 10.1. The Labute approximate surface area is 120 Å². The zero-order valence-corrected chi connectivity index (χ0v) is 12.5. The molecule has 2 aromatic rings. The molecule has 0 radical (unpaired) electrons. The van der Waals surface area contributed by atoms with Crippen molar-refractivity contribution in [3.63, 3.8) is 0 Å². The fourth-order valence-electron chi connectivity index (χ4n) is 1.84. The third kappa shape index (κ3) is 4.52. The number of aryl methyl sites for hydroxylation is 1. The third-order valence-electron chi connectivity index (χ3n) is 2.77. The van der Waals surface area contributed by atoms with Gasteiger partial charge in [-0.2, -0.15) is 0 Å². The highest BCUT2D eigenvalue weighted by Gasteiger charge is 2.07. The molecule has 0 aliphatic carbocycles. The molecule has 0 fully saturated rings. The molecule has 1 atom stereocenters. The van der Waals surface area contributed by atoms with Crippen LogP contribution in [-0.4, -0.2) is 16.2 Å². The molecule has 0 spiro atoms. The molecule has 2 nitrogen and oxygen atoms in total. The second-order valence-corrected chi connectivity index (χ2v) is 6.25. The fraction of sp³-hybridized carbons (Fsp3) is 0.357. The van der Waals surface area contributed by atoms with Crippen molar-refractivity contribution >= 4 is 27.3 Å². The first kappa shape index (κ1) is 13.7. The Morgan fingerprint density at radius 2 is 2.22 bits per heavy atom. The van der Waals surface area contributed by atoms with E-state index in [0.29, 0.717) is 6.42 Å². The highest BCUT2D eigenvalue weighted by molar-refractivity contribution is 9.10. The minimum Gasteiger partial charge on any atom is -0.393 e. The van der Waals surface area contributed by atoms with Crippen LogP contribution < -0.4 is 0 Å². The van der Waals surface area contributed by atoms with Gasteiger partial charge in [0.05, 0.1) is 6.10 Å². The molecule has 96 valence electrons. The van der Waals surface area contributed by atoms with Crippen LogP contribution in [0.15, 0.2) is 40.3 Å². The van der Waals surface area contributed by atoms with E-state index in [0.717, 1.165) is 29.4 Å². The molecule has 2 aromatic heterocycles. The molecule has 18 heavy (non-hydrogen) atoms. The summed E-state index contributed by atoms with van der Waals surface area (Å²) >= 11 is 5.13. The minimum atomic E-state index is -0.293. The second kappa shape index (κ2) is 7.02. The molecule has 2 rings (SSSR count). The predicted molar refractivity (Wildman–Crippen MR) is 78.9 cm³/mol. The number of hydrogen-bond donors (Lipinski definition) is 1. The van der Waals surface area contributed by atoms with Crippen molar-refractivity contribution < 1.29 is 5.11 Å². The Morgan fingerprint density at radius 3 is 2.89 bits per heavy atom. The van der Waals surface area contributed by atoms with Crippen molar-refractivity contribution in [2.45, 2.75) is 31.8 Å². The monoisotopic (exact) mass is 325 g/mol. The fourth-order valence-corrected chi connectivity index (χ4v) is 2.82. The van der Waals surface area contributed by atoms with Crippen LogP contribution in [0.5, 0.6) is 0 Å². The summed E-state index contributed by atoms with van der Waals surface area (Å²) in [5.74, 6) is 0. The molecule has 0 aromatic carbocycles. The largest absolute Gasteiger partial charge is 0.393 e. The summed E-state index contributed by atoms with van der Waals surface area (Å²) in [5.41, 5.74) is 0.946. The van der Waals surface area contributed by atoms with Crippen molar-refractivity contribution in [2.24, 2.45) is 0 Å². The number of halogens is 1. The van der Waals surface area contributed by atoms with Crippen LogP contribution >= 0.6 is 27.3 Å². The van der Waals surface area contributed by atoms with Crippen LogP contribution in [0.4, 0.5) is 0 Å². The number of aliphatic hydroxyl groups excluding tert-OH is 1. The molecule has 0 saturated heterocycles. The van der Waals surface area contributed by atoms with E-state index in [1.165, 1.54) is 4.88 Å². The first-order valence-corrected chi connectivity index (χ1v) is 7.72. The van der Waals surface area contributed by atoms with Crippen molar-refractivity contribution in [1.29, 1.82) is 0 Å². The van der Waals surface area contributed by atoms with Gasteiger partial charge in [0.1, 0.15) is 0 Å². The maximum Gasteiger partial charge on any atom is 0.0595 e. The average molecular weight is 326 g/mol. The highest BCUT2D eigenvalue weighted by Crippen LogP contribution is 2.14. The van der Waals surface area contributed by atoms with Gasteiger partial charge in [-0.1, -0.05) is 6.07 Å². The molecular weight excluding hydrogens is 310 g/mol. The van der Waals surface area contributed by atoms with Gasteiger partial charge in [-0.05, 0) is 58.8 Å². The van der Waals surface area contributed by atoms with E-state index >= 15 is 0 Å². The topological polar surface area (TPSA) is 33.1 Å². The van der Waals surface area contributed by atoms with Crippen LogP contribution in [-0.2, 0) is 12.8 Å². The van der Waals surface area contributed by atoms with Gasteiger partial charge in [0, 0.05) is 27.7 Å². The van der Waals surface area contributed by atoms with E-state index in [1.54, 1.807) is 17.5 Å². The molecule has 2 heterocycles. The van der Waals surface area contributed by atoms with Crippen LogP contribution in [0.25, 0.3) is 0 Å². The SMILES string of the molecule is OC(CCCc1cccs1)Cc1ccc(Br)cn1.